The Morgan fingerprint density at radius 1 is 1.00 bits per heavy atom. The smallest absolute Gasteiger partial charge is 0.325 e. The maximum atomic E-state index is 15.6. The molecule has 54 heavy (non-hydrogen) atoms. The van der Waals surface area contributed by atoms with E-state index in [1.807, 2.05) is 0 Å². The fourth-order valence-electron chi connectivity index (χ4n) is 5.71. The van der Waals surface area contributed by atoms with Gasteiger partial charge in [0.15, 0.2) is 17.0 Å². The summed E-state index contributed by atoms with van der Waals surface area (Å²) in [5, 5.41) is 40.3. The van der Waals surface area contributed by atoms with Gasteiger partial charge >= 0.3 is 23.9 Å². The third-order valence-corrected chi connectivity index (χ3v) is 8.45. The number of rotatable bonds is 21. The highest BCUT2D eigenvalue weighted by Gasteiger charge is 2.57. The van der Waals surface area contributed by atoms with Crippen molar-refractivity contribution in [2.45, 2.75) is 56.7 Å². The normalized spacial score (nSPS) is 13.8. The quantitative estimate of drug-likeness (QED) is 0.0451. The summed E-state index contributed by atoms with van der Waals surface area (Å²) < 4.78 is 15.6. The number of Topliss-reactive ketones (excluding diaryl/α,β-unsaturated/α-hetero) is 2. The molecule has 0 saturated heterocycles. The molecule has 0 aliphatic carbocycles. The van der Waals surface area contributed by atoms with Gasteiger partial charge in [0, 0.05) is 37.6 Å². The highest BCUT2D eigenvalue weighted by Crippen LogP contribution is 2.32. The first kappa shape index (κ1) is 41.8. The van der Waals surface area contributed by atoms with Crippen molar-refractivity contribution in [3.05, 3.63) is 51.7 Å². The van der Waals surface area contributed by atoms with Crippen molar-refractivity contribution < 1.29 is 58.4 Å². The van der Waals surface area contributed by atoms with Gasteiger partial charge < -0.3 is 52.8 Å². The molecule has 0 spiro atoms. The van der Waals surface area contributed by atoms with Crippen molar-refractivity contribution in [2.75, 3.05) is 23.7 Å². The van der Waals surface area contributed by atoms with Gasteiger partial charge in [-0.15, -0.1) is 6.42 Å². The van der Waals surface area contributed by atoms with E-state index in [1.54, 1.807) is 0 Å². The van der Waals surface area contributed by atoms with Crippen molar-refractivity contribution in [2.24, 2.45) is 16.9 Å². The summed E-state index contributed by atoms with van der Waals surface area (Å²) in [6.45, 7) is -0.0654. The number of benzene rings is 1. The maximum absolute atomic E-state index is 15.6. The second-order valence-corrected chi connectivity index (χ2v) is 12.1. The summed E-state index contributed by atoms with van der Waals surface area (Å²) in [4.78, 5) is 111. The third-order valence-electron chi connectivity index (χ3n) is 8.45. The molecule has 0 saturated carbocycles. The highest BCUT2D eigenvalue weighted by molar-refractivity contribution is 6.25. The molecule has 2 heterocycles. The number of carboxylic acid groups (broad SMARTS) is 4. The van der Waals surface area contributed by atoms with Gasteiger partial charge in [0.2, 0.25) is 5.95 Å². The first-order valence-electron chi connectivity index (χ1n) is 16.0. The number of carbonyl (C=O) groups is 7. The zero-order valence-electron chi connectivity index (χ0n) is 28.3. The fraction of sp³-hybridized carbons (Fsp3) is 0.364. The van der Waals surface area contributed by atoms with E-state index < -0.39 is 114 Å². The van der Waals surface area contributed by atoms with Crippen molar-refractivity contribution in [3.8, 4) is 12.3 Å². The molecule has 21 heteroatoms. The zero-order chi connectivity index (χ0) is 40.5. The summed E-state index contributed by atoms with van der Waals surface area (Å²) in [7, 11) is 0. The molecule has 3 rings (SSSR count). The Morgan fingerprint density at radius 3 is 2.22 bits per heavy atom. The molecule has 0 radical (unpaired) electrons. The van der Waals surface area contributed by atoms with E-state index >= 15 is 4.39 Å². The Hall–Kier alpha value is -6.66. The fourth-order valence-corrected chi connectivity index (χ4v) is 5.71. The zero-order valence-corrected chi connectivity index (χ0v) is 28.3. The van der Waals surface area contributed by atoms with E-state index in [1.165, 1.54) is 17.2 Å². The van der Waals surface area contributed by atoms with Crippen LogP contribution in [0.5, 0.6) is 0 Å². The molecule has 0 aliphatic heterocycles. The van der Waals surface area contributed by atoms with E-state index in [9.17, 15) is 53.7 Å². The van der Waals surface area contributed by atoms with Gasteiger partial charge in [-0.1, -0.05) is 5.92 Å². The molecule has 1 aromatic carbocycles. The molecule has 4 atom stereocenters. The molecule has 3 aromatic rings. The number of aromatic amines is 2. The molecule has 13 N–H and O–H groups in total. The number of nitrogens with two attached hydrogens (primary N) is 3. The SMILES string of the molecule is C#CCN(CCc1c[nH]c2nc(N)[nH]c(=O)c12)c1ccc(C(=O)N[C@@H](CCC(=O)O)C(=O)C(C[C@H](N)C(=O)O)(C(=O)O)C(=O)[C@@H](N)CCC(=O)O)cc1F. The van der Waals surface area contributed by atoms with Crippen LogP contribution in [0.3, 0.4) is 0 Å². The van der Waals surface area contributed by atoms with Crippen LogP contribution in [0.25, 0.3) is 11.0 Å². The first-order valence-corrected chi connectivity index (χ1v) is 16.0. The number of anilines is 2. The summed E-state index contributed by atoms with van der Waals surface area (Å²) >= 11 is 0. The molecule has 1 amide bonds. The predicted octanol–water partition coefficient (Wildman–Crippen LogP) is -1.18. The van der Waals surface area contributed by atoms with E-state index in [2.05, 4.69) is 26.2 Å². The van der Waals surface area contributed by atoms with Crippen molar-refractivity contribution >= 4 is 64.0 Å². The molecule has 0 bridgehead atoms. The van der Waals surface area contributed by atoms with Gasteiger partial charge in [-0.3, -0.25) is 43.3 Å². The molecular formula is C33H37FN8O12. The number of nitrogen functional groups attached to an aromatic ring is 1. The average Bonchev–Trinajstić information content (AvgIpc) is 3.51. The number of aromatic nitrogens is 3. The van der Waals surface area contributed by atoms with E-state index in [4.69, 9.17) is 28.7 Å². The van der Waals surface area contributed by atoms with Crippen LogP contribution < -0.4 is 33.0 Å². The maximum Gasteiger partial charge on any atom is 0.325 e. The Balaban J connectivity index is 1.96. The van der Waals surface area contributed by atoms with Crippen molar-refractivity contribution in [1.82, 2.24) is 20.3 Å². The number of hydrogen-bond donors (Lipinski definition) is 10. The lowest BCUT2D eigenvalue weighted by Crippen LogP contribution is -2.61. The minimum atomic E-state index is -3.39. The van der Waals surface area contributed by atoms with Crippen LogP contribution in [0.1, 0.15) is 48.0 Å². The summed E-state index contributed by atoms with van der Waals surface area (Å²) in [6.07, 6.45) is 2.65. The topological polar surface area (TPSA) is 355 Å². The number of halogens is 1. The molecule has 288 valence electrons. The molecule has 2 aromatic heterocycles. The van der Waals surface area contributed by atoms with Gasteiger partial charge in [-0.05, 0) is 43.0 Å². The number of fused-ring (bicyclic) bond motifs is 1. The average molecular weight is 757 g/mol. The van der Waals surface area contributed by atoms with E-state index in [-0.39, 0.29) is 42.2 Å². The van der Waals surface area contributed by atoms with Crippen molar-refractivity contribution in [3.63, 3.8) is 0 Å². The van der Waals surface area contributed by atoms with Gasteiger partial charge in [-0.25, -0.2) is 4.39 Å². The van der Waals surface area contributed by atoms with Crippen LogP contribution in [-0.4, -0.2) is 108 Å². The lowest BCUT2D eigenvalue weighted by atomic mass is 9.69. The second-order valence-electron chi connectivity index (χ2n) is 12.1. The van der Waals surface area contributed by atoms with Gasteiger partial charge in [-0.2, -0.15) is 4.98 Å². The number of carboxylic acids is 4. The molecule has 0 fully saturated rings. The monoisotopic (exact) mass is 756 g/mol. The van der Waals surface area contributed by atoms with Gasteiger partial charge in [0.25, 0.3) is 11.5 Å². The van der Waals surface area contributed by atoms with Crippen molar-refractivity contribution in [1.29, 1.82) is 0 Å². The highest BCUT2D eigenvalue weighted by atomic mass is 19.1. The number of nitrogens with zero attached hydrogens (tertiary/aromatic N) is 2. The Bertz CT molecular complexity index is 2080. The largest absolute Gasteiger partial charge is 0.481 e. The predicted molar refractivity (Wildman–Crippen MR) is 186 cm³/mol. The minimum absolute atomic E-state index is 0.0631. The molecule has 20 nitrogen and oxygen atoms in total. The number of ketones is 2. The number of terminal acetylenes is 1. The number of aliphatic carboxylic acids is 4. The molecular weight excluding hydrogens is 719 g/mol. The standard InChI is InChI=1S/C33H37FN8O12/c1-2-10-42(11-9-16-14-38-27-24(16)29(50)41-32(37)40-27)21-6-3-15(12-17(21)34)28(49)39-20(5-8-23(45)46)26(48)33(31(53)54,13-19(36)30(51)52)25(47)18(35)4-7-22(43)44/h1,3,6,12,14,18-20H,4-5,7-11,13,35-36H2,(H,39,49)(H,43,44)(H,45,46)(H,51,52)(H,53,54)(H4,37,38,40,41,50)/t18-,19-,20-,33?/m0/s1. The Morgan fingerprint density at radius 2 is 1.65 bits per heavy atom. The third kappa shape index (κ3) is 9.60. The number of carbonyl (C=O) groups excluding carboxylic acids is 3. The van der Waals surface area contributed by atoms with Crippen LogP contribution in [0, 0.1) is 23.6 Å². The summed E-state index contributed by atoms with van der Waals surface area (Å²) in [5.41, 5.74) is 13.2. The van der Waals surface area contributed by atoms with Crippen LogP contribution in [0.2, 0.25) is 0 Å². The number of amides is 1. The molecule has 0 aliphatic rings. The number of hydrogen-bond acceptors (Lipinski definition) is 13. The second kappa shape index (κ2) is 17.7. The van der Waals surface area contributed by atoms with E-state index in [0.29, 0.717) is 5.56 Å². The van der Waals surface area contributed by atoms with E-state index in [0.717, 1.165) is 12.1 Å². The number of nitrogens with one attached hydrogen (secondary N) is 3. The van der Waals surface area contributed by atoms with Crippen LogP contribution in [0.15, 0.2) is 29.2 Å². The number of H-pyrrole nitrogens is 2. The van der Waals surface area contributed by atoms with Crippen LogP contribution in [-0.2, 0) is 35.2 Å². The lowest BCUT2D eigenvalue weighted by molar-refractivity contribution is -0.162. The van der Waals surface area contributed by atoms with Gasteiger partial charge in [0.05, 0.1) is 29.7 Å². The lowest BCUT2D eigenvalue weighted by Gasteiger charge is -2.33. The summed E-state index contributed by atoms with van der Waals surface area (Å²) in [5.74, 6) is -10.3. The van der Waals surface area contributed by atoms with Crippen LogP contribution >= 0.6 is 0 Å². The Labute approximate surface area is 303 Å². The van der Waals surface area contributed by atoms with Gasteiger partial charge in [0.1, 0.15) is 17.5 Å². The van der Waals surface area contributed by atoms with Crippen LogP contribution in [0.4, 0.5) is 16.0 Å². The first-order chi connectivity index (χ1) is 25.3. The molecule has 1 unspecified atom stereocenters. The minimum Gasteiger partial charge on any atom is -0.481 e. The summed E-state index contributed by atoms with van der Waals surface area (Å²) in [6, 6.07) is -3.22. The Kier molecular flexibility index (Phi) is 13.7.